The Morgan fingerprint density at radius 1 is 1.38 bits per heavy atom. The summed E-state index contributed by atoms with van der Waals surface area (Å²) in [6.07, 6.45) is 3.77. The van der Waals surface area contributed by atoms with Gasteiger partial charge in [-0.25, -0.2) is 4.98 Å². The van der Waals surface area contributed by atoms with Crippen LogP contribution in [0.3, 0.4) is 0 Å². The zero-order chi connectivity index (χ0) is 16.9. The van der Waals surface area contributed by atoms with E-state index < -0.39 is 0 Å². The third-order valence-electron chi connectivity index (χ3n) is 3.74. The predicted molar refractivity (Wildman–Crippen MR) is 90.4 cm³/mol. The van der Waals surface area contributed by atoms with Gasteiger partial charge in [0.1, 0.15) is 5.75 Å². The van der Waals surface area contributed by atoms with E-state index in [1.165, 1.54) is 4.57 Å². The maximum atomic E-state index is 12.0. The molecule has 3 rings (SSSR count). The summed E-state index contributed by atoms with van der Waals surface area (Å²) in [4.78, 5) is 28.0. The van der Waals surface area contributed by atoms with Gasteiger partial charge in [-0.1, -0.05) is 17.7 Å². The highest BCUT2D eigenvalue weighted by atomic mass is 35.5. The number of benzene rings is 1. The van der Waals surface area contributed by atoms with Crippen LogP contribution in [0, 0.1) is 0 Å². The Hall–Kier alpha value is -2.34. The van der Waals surface area contributed by atoms with Crippen LogP contribution in [0.5, 0.6) is 5.75 Å². The fourth-order valence-corrected chi connectivity index (χ4v) is 2.46. The van der Waals surface area contributed by atoms with Crippen molar-refractivity contribution in [2.24, 2.45) is 0 Å². The first-order valence-electron chi connectivity index (χ1n) is 7.83. The van der Waals surface area contributed by atoms with Gasteiger partial charge in [-0.3, -0.25) is 14.2 Å². The van der Waals surface area contributed by atoms with Crippen molar-refractivity contribution in [3.05, 3.63) is 57.7 Å². The molecule has 6 nitrogen and oxygen atoms in total. The first-order chi connectivity index (χ1) is 11.6. The number of carbonyl (C=O) groups excluding carboxylic acids is 1. The number of hydrogen-bond acceptors (Lipinski definition) is 4. The van der Waals surface area contributed by atoms with Gasteiger partial charge in [-0.2, -0.15) is 0 Å². The van der Waals surface area contributed by atoms with E-state index in [1.54, 1.807) is 36.7 Å². The van der Waals surface area contributed by atoms with E-state index >= 15 is 0 Å². The van der Waals surface area contributed by atoms with Crippen LogP contribution in [-0.4, -0.2) is 28.6 Å². The molecule has 7 heteroatoms. The number of amides is 1. The number of carbonyl (C=O) groups is 1. The molecule has 1 amide bonds. The number of hydrogen-bond donors (Lipinski definition) is 1. The molecular formula is C17H18ClN3O3. The summed E-state index contributed by atoms with van der Waals surface area (Å²) in [7, 11) is 0. The average molecular weight is 348 g/mol. The number of nitrogens with zero attached hydrogens (tertiary/aromatic N) is 2. The highest BCUT2D eigenvalue weighted by Crippen LogP contribution is 2.38. The molecule has 0 unspecified atom stereocenters. The van der Waals surface area contributed by atoms with E-state index in [9.17, 15) is 9.59 Å². The first kappa shape index (κ1) is 16.5. The first-order valence-corrected chi connectivity index (χ1v) is 8.21. The average Bonchev–Trinajstić information content (AvgIpc) is 3.39. The second-order valence-corrected chi connectivity index (χ2v) is 6.15. The van der Waals surface area contributed by atoms with E-state index in [-0.39, 0.29) is 18.1 Å². The molecule has 0 saturated heterocycles. The minimum absolute atomic E-state index is 0.0867. The smallest absolute Gasteiger partial charge is 0.258 e. The van der Waals surface area contributed by atoms with Crippen LogP contribution >= 0.6 is 11.6 Å². The van der Waals surface area contributed by atoms with Crippen molar-refractivity contribution >= 4 is 17.5 Å². The van der Waals surface area contributed by atoms with Crippen molar-refractivity contribution in [2.45, 2.75) is 25.3 Å². The quantitative estimate of drug-likeness (QED) is 0.831. The topological polar surface area (TPSA) is 73.2 Å². The molecule has 126 valence electrons. The molecule has 0 radical (unpaired) electrons. The second-order valence-electron chi connectivity index (χ2n) is 5.72. The fourth-order valence-electron chi connectivity index (χ4n) is 2.28. The number of rotatable bonds is 7. The Kier molecular flexibility index (Phi) is 5.15. The van der Waals surface area contributed by atoms with Crippen LogP contribution in [0.15, 0.2) is 41.5 Å². The Labute approximate surface area is 144 Å². The van der Waals surface area contributed by atoms with Crippen LogP contribution < -0.4 is 15.6 Å². The number of halogens is 1. The van der Waals surface area contributed by atoms with Crippen LogP contribution in [0.4, 0.5) is 0 Å². The molecule has 0 bridgehead atoms. The van der Waals surface area contributed by atoms with Gasteiger partial charge in [-0.15, -0.1) is 0 Å². The lowest BCUT2D eigenvalue weighted by Gasteiger charge is -2.09. The minimum atomic E-state index is -0.259. The third kappa shape index (κ3) is 4.58. The standard InChI is InChI=1S/C17H18ClN3O3/c18-13-2-1-3-14(8-13)24-10-16(22)19-6-7-21-11-20-15(9-17(21)23)12-4-5-12/h1-3,8-9,11-12H,4-7,10H2,(H,19,22). The number of aromatic nitrogens is 2. The normalized spacial score (nSPS) is 13.5. The molecule has 1 heterocycles. The van der Waals surface area contributed by atoms with Gasteiger partial charge in [-0.05, 0) is 31.0 Å². The van der Waals surface area contributed by atoms with Gasteiger partial charge in [0.25, 0.3) is 11.5 Å². The van der Waals surface area contributed by atoms with Gasteiger partial charge < -0.3 is 10.1 Å². The molecule has 0 aliphatic heterocycles. The van der Waals surface area contributed by atoms with Crippen LogP contribution in [-0.2, 0) is 11.3 Å². The van der Waals surface area contributed by atoms with E-state index in [2.05, 4.69) is 10.3 Å². The van der Waals surface area contributed by atoms with Crippen molar-refractivity contribution in [2.75, 3.05) is 13.2 Å². The summed E-state index contributed by atoms with van der Waals surface area (Å²) >= 11 is 5.84. The van der Waals surface area contributed by atoms with Crippen LogP contribution in [0.1, 0.15) is 24.5 Å². The minimum Gasteiger partial charge on any atom is -0.484 e. The Morgan fingerprint density at radius 3 is 2.92 bits per heavy atom. The molecule has 2 aromatic rings. The van der Waals surface area contributed by atoms with Crippen molar-refractivity contribution < 1.29 is 9.53 Å². The van der Waals surface area contributed by atoms with Crippen molar-refractivity contribution in [1.29, 1.82) is 0 Å². The lowest BCUT2D eigenvalue weighted by Crippen LogP contribution is -2.33. The van der Waals surface area contributed by atoms with Crippen LogP contribution in [0.2, 0.25) is 5.02 Å². The molecule has 24 heavy (non-hydrogen) atoms. The molecule has 1 aliphatic carbocycles. The van der Waals surface area contributed by atoms with E-state index in [0.717, 1.165) is 18.5 Å². The summed E-state index contributed by atoms with van der Waals surface area (Å²) in [5.74, 6) is 0.731. The Balaban J connectivity index is 1.42. The lowest BCUT2D eigenvalue weighted by molar-refractivity contribution is -0.123. The largest absolute Gasteiger partial charge is 0.484 e. The zero-order valence-electron chi connectivity index (χ0n) is 13.1. The fraction of sp³-hybridized carbons (Fsp3) is 0.353. The van der Waals surface area contributed by atoms with Gasteiger partial charge in [0.2, 0.25) is 0 Å². The monoisotopic (exact) mass is 347 g/mol. The maximum Gasteiger partial charge on any atom is 0.258 e. The number of ether oxygens (including phenoxy) is 1. The van der Waals surface area contributed by atoms with Crippen LogP contribution in [0.25, 0.3) is 0 Å². The molecule has 1 N–H and O–H groups in total. The highest BCUT2D eigenvalue weighted by molar-refractivity contribution is 6.30. The molecule has 1 aromatic carbocycles. The maximum absolute atomic E-state index is 12.0. The van der Waals surface area contributed by atoms with E-state index in [0.29, 0.717) is 29.8 Å². The molecule has 1 saturated carbocycles. The lowest BCUT2D eigenvalue weighted by atomic mass is 10.3. The van der Waals surface area contributed by atoms with Gasteiger partial charge in [0.05, 0.1) is 12.0 Å². The van der Waals surface area contributed by atoms with Gasteiger partial charge >= 0.3 is 0 Å². The van der Waals surface area contributed by atoms with Gasteiger partial charge in [0, 0.05) is 30.1 Å². The van der Waals surface area contributed by atoms with Crippen molar-refractivity contribution in [3.63, 3.8) is 0 Å². The number of nitrogens with one attached hydrogen (secondary N) is 1. The molecule has 1 fully saturated rings. The van der Waals surface area contributed by atoms with Crippen molar-refractivity contribution in [3.8, 4) is 5.75 Å². The van der Waals surface area contributed by atoms with E-state index in [1.807, 2.05) is 0 Å². The Bertz CT molecular complexity index is 787. The summed E-state index contributed by atoms with van der Waals surface area (Å²) in [5.41, 5.74) is 0.784. The van der Waals surface area contributed by atoms with Crippen molar-refractivity contribution in [1.82, 2.24) is 14.9 Å². The summed E-state index contributed by atoms with van der Waals surface area (Å²) < 4.78 is 6.84. The molecule has 0 atom stereocenters. The summed E-state index contributed by atoms with van der Waals surface area (Å²) in [5, 5.41) is 3.26. The zero-order valence-corrected chi connectivity index (χ0v) is 13.8. The third-order valence-corrected chi connectivity index (χ3v) is 3.97. The molecule has 1 aromatic heterocycles. The predicted octanol–water partition coefficient (Wildman–Crippen LogP) is 1.97. The SMILES string of the molecule is O=C(COc1cccc(Cl)c1)NCCn1cnc(C2CC2)cc1=O. The highest BCUT2D eigenvalue weighted by Gasteiger charge is 2.25. The molecule has 1 aliphatic rings. The van der Waals surface area contributed by atoms with Gasteiger partial charge in [0.15, 0.2) is 6.61 Å². The summed E-state index contributed by atoms with van der Waals surface area (Å²) in [6, 6.07) is 8.43. The molecular weight excluding hydrogens is 330 g/mol. The Morgan fingerprint density at radius 2 is 2.21 bits per heavy atom. The summed E-state index contributed by atoms with van der Waals surface area (Å²) in [6.45, 7) is 0.607. The molecule has 0 spiro atoms. The van der Waals surface area contributed by atoms with E-state index in [4.69, 9.17) is 16.3 Å². The second kappa shape index (κ2) is 7.49.